The van der Waals surface area contributed by atoms with Crippen molar-refractivity contribution in [1.29, 1.82) is 0 Å². The van der Waals surface area contributed by atoms with Gasteiger partial charge in [-0.1, -0.05) is 87.9 Å². The van der Waals surface area contributed by atoms with Crippen molar-refractivity contribution in [3.63, 3.8) is 0 Å². The van der Waals surface area contributed by atoms with E-state index < -0.39 is 0 Å². The zero-order valence-electron chi connectivity index (χ0n) is 20.9. The van der Waals surface area contributed by atoms with Crippen molar-refractivity contribution in [3.8, 4) is 10.4 Å². The minimum Gasteiger partial charge on any atom is -0.422 e. The molecule has 192 valence electrons. The molecule has 2 aliphatic rings. The zero-order chi connectivity index (χ0) is 26.3. The number of hydrazine groups is 1. The van der Waals surface area contributed by atoms with Crippen molar-refractivity contribution in [2.24, 2.45) is 0 Å². The first-order chi connectivity index (χ1) is 19.1. The van der Waals surface area contributed by atoms with E-state index in [1.807, 2.05) is 30.3 Å². The van der Waals surface area contributed by atoms with Crippen LogP contribution >= 0.6 is 27.3 Å². The number of aromatic nitrogens is 1. The van der Waals surface area contributed by atoms with Gasteiger partial charge in [0.1, 0.15) is 11.6 Å². The molecule has 5 aromatic rings. The molecule has 7 rings (SSSR count). The van der Waals surface area contributed by atoms with Crippen molar-refractivity contribution in [3.05, 3.63) is 134 Å². The van der Waals surface area contributed by atoms with E-state index in [0.29, 0.717) is 11.1 Å². The Morgan fingerprint density at radius 2 is 1.79 bits per heavy atom. The molecule has 7 heteroatoms. The van der Waals surface area contributed by atoms with E-state index in [1.54, 1.807) is 12.3 Å². The summed E-state index contributed by atoms with van der Waals surface area (Å²) < 4.78 is 6.57. The number of allylic oxidation sites excluding steroid dienone is 1. The van der Waals surface area contributed by atoms with Crippen LogP contribution in [0.15, 0.2) is 122 Å². The van der Waals surface area contributed by atoms with Gasteiger partial charge in [0, 0.05) is 16.1 Å². The molecule has 2 aromatic heterocycles. The molecule has 0 bridgehead atoms. The number of hydrogen-bond acceptors (Lipinski definition) is 6. The van der Waals surface area contributed by atoms with E-state index in [1.165, 1.54) is 39.3 Å². The van der Waals surface area contributed by atoms with Gasteiger partial charge in [0.25, 0.3) is 0 Å². The number of halogens is 1. The molecule has 1 aliphatic heterocycles. The molecule has 5 nitrogen and oxygen atoms in total. The second-order valence-electron chi connectivity index (χ2n) is 9.77. The molecular weight excluding hydrogens is 570 g/mol. The summed E-state index contributed by atoms with van der Waals surface area (Å²) >= 11 is 5.00. The fraction of sp³-hybridized carbons (Fsp3) is 0.125. The summed E-state index contributed by atoms with van der Waals surface area (Å²) in [5.41, 5.74) is 10.7. The lowest BCUT2D eigenvalue weighted by molar-refractivity contribution is 0.563. The molecule has 1 atom stereocenters. The Balaban J connectivity index is 1.30. The molecule has 1 N–H and O–H groups in total. The molecule has 0 amide bonds. The number of hydrogen-bond donors (Lipinski definition) is 1. The Kier molecular flexibility index (Phi) is 6.18. The van der Waals surface area contributed by atoms with Crippen molar-refractivity contribution >= 4 is 49.4 Å². The van der Waals surface area contributed by atoms with E-state index in [2.05, 4.69) is 81.0 Å². The second kappa shape index (κ2) is 9.98. The summed E-state index contributed by atoms with van der Waals surface area (Å²) in [5.74, 6) is 0. The number of benzene rings is 3. The van der Waals surface area contributed by atoms with Gasteiger partial charge in [0.05, 0.1) is 16.1 Å². The van der Waals surface area contributed by atoms with E-state index in [-0.39, 0.29) is 11.7 Å². The Morgan fingerprint density at radius 1 is 1.00 bits per heavy atom. The quantitative estimate of drug-likeness (QED) is 0.212. The standard InChI is InChI=1S/C32H24BrN3O2S/c33-24-14-15-27-23(17-24)18-26(31(37)38-27)28-19-34-32(39-28)36-30(21-10-5-2-6-11-21)25-13-7-12-22(29(25)35-36)16-20-8-3-1-4-9-20/h1-6,8-11,14-19,30,35H,7,12-13H2/b22-16+/t30-/m0/s1. The largest absolute Gasteiger partial charge is 0.422 e. The third kappa shape index (κ3) is 4.51. The molecule has 1 aliphatic carbocycles. The Labute approximate surface area is 238 Å². The molecule has 0 spiro atoms. The van der Waals surface area contributed by atoms with Crippen molar-refractivity contribution < 1.29 is 4.42 Å². The number of anilines is 1. The molecule has 0 saturated heterocycles. The first-order valence-electron chi connectivity index (χ1n) is 12.9. The number of fused-ring (bicyclic) bond motifs is 1. The molecule has 3 aromatic carbocycles. The average Bonchev–Trinajstić information content (AvgIpc) is 3.60. The lowest BCUT2D eigenvalue weighted by atomic mass is 9.86. The lowest BCUT2D eigenvalue weighted by Gasteiger charge is -2.26. The van der Waals surface area contributed by atoms with Crippen LogP contribution in [0.5, 0.6) is 0 Å². The van der Waals surface area contributed by atoms with Gasteiger partial charge in [-0.3, -0.25) is 5.43 Å². The highest BCUT2D eigenvalue weighted by atomic mass is 79.9. The first-order valence-corrected chi connectivity index (χ1v) is 14.5. The van der Waals surface area contributed by atoms with Crippen LogP contribution in [0.4, 0.5) is 5.13 Å². The summed E-state index contributed by atoms with van der Waals surface area (Å²) in [4.78, 5) is 18.5. The minimum absolute atomic E-state index is 0.0173. The zero-order valence-corrected chi connectivity index (χ0v) is 23.3. The van der Waals surface area contributed by atoms with Crippen LogP contribution < -0.4 is 16.1 Å². The van der Waals surface area contributed by atoms with E-state index in [4.69, 9.17) is 9.40 Å². The van der Waals surface area contributed by atoms with Crippen molar-refractivity contribution in [1.82, 2.24) is 10.4 Å². The van der Waals surface area contributed by atoms with Crippen LogP contribution in [0.25, 0.3) is 27.5 Å². The van der Waals surface area contributed by atoms with Crippen LogP contribution in [0.3, 0.4) is 0 Å². The molecule has 39 heavy (non-hydrogen) atoms. The third-order valence-corrected chi connectivity index (χ3v) is 8.79. The predicted octanol–water partition coefficient (Wildman–Crippen LogP) is 8.27. The summed E-state index contributed by atoms with van der Waals surface area (Å²) in [5, 5.41) is 3.83. The van der Waals surface area contributed by atoms with Crippen LogP contribution in [-0.2, 0) is 0 Å². The topological polar surface area (TPSA) is 58.4 Å². The molecule has 3 heterocycles. The fourth-order valence-electron chi connectivity index (χ4n) is 5.49. The van der Waals surface area contributed by atoms with Gasteiger partial charge in [-0.25, -0.2) is 14.8 Å². The maximum atomic E-state index is 12.9. The number of nitrogens with zero attached hydrogens (tertiary/aromatic N) is 2. The van der Waals surface area contributed by atoms with E-state index in [0.717, 1.165) is 39.1 Å². The second-order valence-corrected chi connectivity index (χ2v) is 11.7. The van der Waals surface area contributed by atoms with Crippen LogP contribution in [0.2, 0.25) is 0 Å². The molecule has 0 radical (unpaired) electrons. The molecule has 0 saturated carbocycles. The smallest absolute Gasteiger partial charge is 0.345 e. The maximum absolute atomic E-state index is 12.9. The Hall–Kier alpha value is -3.94. The third-order valence-electron chi connectivity index (χ3n) is 7.27. The highest BCUT2D eigenvalue weighted by molar-refractivity contribution is 9.10. The van der Waals surface area contributed by atoms with Gasteiger partial charge in [0.15, 0.2) is 0 Å². The number of nitrogens with one attached hydrogen (secondary N) is 1. The fourth-order valence-corrected chi connectivity index (χ4v) is 6.78. The normalized spacial score (nSPS) is 18.0. The van der Waals surface area contributed by atoms with Gasteiger partial charge in [-0.15, -0.1) is 0 Å². The van der Waals surface area contributed by atoms with Gasteiger partial charge >= 0.3 is 5.63 Å². The summed E-state index contributed by atoms with van der Waals surface area (Å²) in [7, 11) is 0. The minimum atomic E-state index is -0.362. The summed E-state index contributed by atoms with van der Waals surface area (Å²) in [6, 6.07) is 28.6. The first kappa shape index (κ1) is 24.1. The van der Waals surface area contributed by atoms with E-state index >= 15 is 0 Å². The van der Waals surface area contributed by atoms with Gasteiger partial charge < -0.3 is 4.42 Å². The van der Waals surface area contributed by atoms with Crippen LogP contribution in [0, 0.1) is 0 Å². The average molecular weight is 595 g/mol. The lowest BCUT2D eigenvalue weighted by Crippen LogP contribution is -2.34. The van der Waals surface area contributed by atoms with E-state index in [9.17, 15) is 4.79 Å². The van der Waals surface area contributed by atoms with Gasteiger partial charge in [-0.05, 0) is 71.9 Å². The van der Waals surface area contributed by atoms with Crippen LogP contribution in [-0.4, -0.2) is 4.98 Å². The highest BCUT2D eigenvalue weighted by Gasteiger charge is 2.38. The summed E-state index contributed by atoms with van der Waals surface area (Å²) in [6.45, 7) is 0. The van der Waals surface area contributed by atoms with Crippen molar-refractivity contribution in [2.75, 3.05) is 5.01 Å². The van der Waals surface area contributed by atoms with Gasteiger partial charge in [0.2, 0.25) is 5.13 Å². The molecular formula is C32H24BrN3O2S. The highest BCUT2D eigenvalue weighted by Crippen LogP contribution is 2.46. The number of rotatable bonds is 4. The Bertz CT molecular complexity index is 1810. The maximum Gasteiger partial charge on any atom is 0.345 e. The van der Waals surface area contributed by atoms with Crippen molar-refractivity contribution in [2.45, 2.75) is 25.3 Å². The molecule has 0 fully saturated rings. The summed E-state index contributed by atoms with van der Waals surface area (Å²) in [6.07, 6.45) is 7.21. The predicted molar refractivity (Wildman–Crippen MR) is 161 cm³/mol. The van der Waals surface area contributed by atoms with Gasteiger partial charge in [-0.2, -0.15) is 0 Å². The number of thiazole rings is 1. The van der Waals surface area contributed by atoms with Crippen LogP contribution in [0.1, 0.15) is 36.4 Å². The Morgan fingerprint density at radius 3 is 2.62 bits per heavy atom. The SMILES string of the molecule is O=c1oc2ccc(Br)cc2cc1-c1cnc(N2NC3=C(CCC/C3=C\c3ccccc3)[C@@H]2c2ccccc2)s1. The molecule has 0 unspecified atom stereocenters. The monoisotopic (exact) mass is 593 g/mol.